The van der Waals surface area contributed by atoms with Crippen LogP contribution in [0.5, 0.6) is 0 Å². The second-order valence-corrected chi connectivity index (χ2v) is 3.70. The molecular formula is C11H15NO. The third-order valence-corrected chi connectivity index (χ3v) is 2.80. The standard InChI is InChI=1S/C11H15NO/c1-2-7-3-4-8-6-10(12)11(13)9(8)5-7/h3-5,10-11,13H,2,6,12H2,1H3. The van der Waals surface area contributed by atoms with Crippen LogP contribution in [0.15, 0.2) is 18.2 Å². The molecule has 0 radical (unpaired) electrons. The van der Waals surface area contributed by atoms with Crippen molar-refractivity contribution in [3.05, 3.63) is 34.9 Å². The number of aryl methyl sites for hydroxylation is 1. The lowest BCUT2D eigenvalue weighted by atomic mass is 10.0. The smallest absolute Gasteiger partial charge is 0.0946 e. The molecule has 0 aliphatic heterocycles. The molecule has 1 aliphatic rings. The molecule has 0 bridgehead atoms. The molecular weight excluding hydrogens is 162 g/mol. The lowest BCUT2D eigenvalue weighted by Crippen LogP contribution is -2.24. The first-order valence-electron chi connectivity index (χ1n) is 4.77. The minimum absolute atomic E-state index is 0.109. The highest BCUT2D eigenvalue weighted by Crippen LogP contribution is 2.30. The molecule has 2 rings (SSSR count). The molecule has 0 aromatic heterocycles. The van der Waals surface area contributed by atoms with Crippen molar-refractivity contribution >= 4 is 0 Å². The van der Waals surface area contributed by atoms with E-state index in [1.54, 1.807) is 0 Å². The molecule has 0 saturated heterocycles. The van der Waals surface area contributed by atoms with Crippen LogP contribution in [0.2, 0.25) is 0 Å². The van der Waals surface area contributed by atoms with Crippen LogP contribution in [0.1, 0.15) is 29.7 Å². The van der Waals surface area contributed by atoms with Crippen molar-refractivity contribution < 1.29 is 5.11 Å². The molecule has 70 valence electrons. The maximum absolute atomic E-state index is 9.74. The van der Waals surface area contributed by atoms with Gasteiger partial charge in [0.05, 0.1) is 6.10 Å². The lowest BCUT2D eigenvalue weighted by molar-refractivity contribution is 0.159. The van der Waals surface area contributed by atoms with E-state index in [-0.39, 0.29) is 6.04 Å². The second-order valence-electron chi connectivity index (χ2n) is 3.70. The van der Waals surface area contributed by atoms with Gasteiger partial charge in [-0.1, -0.05) is 25.1 Å². The Morgan fingerprint density at radius 2 is 2.31 bits per heavy atom. The summed E-state index contributed by atoms with van der Waals surface area (Å²) in [5.41, 5.74) is 9.28. The lowest BCUT2D eigenvalue weighted by Gasteiger charge is -2.09. The summed E-state index contributed by atoms with van der Waals surface area (Å²) in [5.74, 6) is 0. The molecule has 0 amide bonds. The summed E-state index contributed by atoms with van der Waals surface area (Å²) in [6.07, 6.45) is 1.36. The molecule has 13 heavy (non-hydrogen) atoms. The molecule has 2 atom stereocenters. The van der Waals surface area contributed by atoms with Crippen molar-refractivity contribution in [1.82, 2.24) is 0 Å². The topological polar surface area (TPSA) is 46.2 Å². The van der Waals surface area contributed by atoms with Crippen LogP contribution in [0.3, 0.4) is 0 Å². The summed E-state index contributed by atoms with van der Waals surface area (Å²) in [7, 11) is 0. The molecule has 1 aromatic rings. The Hall–Kier alpha value is -0.860. The Labute approximate surface area is 78.4 Å². The van der Waals surface area contributed by atoms with E-state index in [4.69, 9.17) is 5.73 Å². The summed E-state index contributed by atoms with van der Waals surface area (Å²) in [4.78, 5) is 0. The van der Waals surface area contributed by atoms with E-state index < -0.39 is 6.10 Å². The number of aliphatic hydroxyl groups excluding tert-OH is 1. The van der Waals surface area contributed by atoms with Crippen molar-refractivity contribution in [2.75, 3.05) is 0 Å². The fourth-order valence-corrected chi connectivity index (χ4v) is 1.92. The van der Waals surface area contributed by atoms with Gasteiger partial charge in [0.15, 0.2) is 0 Å². The maximum Gasteiger partial charge on any atom is 0.0946 e. The average Bonchev–Trinajstić information content (AvgIpc) is 2.43. The second kappa shape index (κ2) is 3.13. The Bertz CT molecular complexity index is 322. The maximum atomic E-state index is 9.74. The fourth-order valence-electron chi connectivity index (χ4n) is 1.92. The van der Waals surface area contributed by atoms with Gasteiger partial charge in [0.25, 0.3) is 0 Å². The van der Waals surface area contributed by atoms with Gasteiger partial charge in [-0.2, -0.15) is 0 Å². The molecule has 0 spiro atoms. The van der Waals surface area contributed by atoms with Gasteiger partial charge in [-0.25, -0.2) is 0 Å². The van der Waals surface area contributed by atoms with E-state index in [0.717, 1.165) is 18.4 Å². The zero-order chi connectivity index (χ0) is 9.42. The van der Waals surface area contributed by atoms with Crippen LogP contribution in [0.25, 0.3) is 0 Å². The highest BCUT2D eigenvalue weighted by molar-refractivity contribution is 5.39. The van der Waals surface area contributed by atoms with E-state index >= 15 is 0 Å². The molecule has 3 N–H and O–H groups in total. The van der Waals surface area contributed by atoms with Gasteiger partial charge in [-0.15, -0.1) is 0 Å². The largest absolute Gasteiger partial charge is 0.387 e. The van der Waals surface area contributed by atoms with Crippen molar-refractivity contribution in [1.29, 1.82) is 0 Å². The number of benzene rings is 1. The molecule has 0 saturated carbocycles. The first-order chi connectivity index (χ1) is 6.22. The van der Waals surface area contributed by atoms with Crippen molar-refractivity contribution in [2.45, 2.75) is 31.9 Å². The zero-order valence-electron chi connectivity index (χ0n) is 7.83. The Morgan fingerprint density at radius 3 is 3.00 bits per heavy atom. The molecule has 0 fully saturated rings. The zero-order valence-corrected chi connectivity index (χ0v) is 7.83. The van der Waals surface area contributed by atoms with Crippen LogP contribution in [0.4, 0.5) is 0 Å². The van der Waals surface area contributed by atoms with Crippen molar-refractivity contribution in [3.8, 4) is 0 Å². The Kier molecular flexibility index (Phi) is 2.10. The first-order valence-corrected chi connectivity index (χ1v) is 4.77. The normalized spacial score (nSPS) is 26.1. The van der Waals surface area contributed by atoms with E-state index in [2.05, 4.69) is 25.1 Å². The van der Waals surface area contributed by atoms with Crippen LogP contribution >= 0.6 is 0 Å². The molecule has 2 nitrogen and oxygen atoms in total. The number of hydrogen-bond acceptors (Lipinski definition) is 2. The van der Waals surface area contributed by atoms with Crippen LogP contribution in [0, 0.1) is 0 Å². The van der Waals surface area contributed by atoms with Gasteiger partial charge in [0.2, 0.25) is 0 Å². The molecule has 0 heterocycles. The molecule has 2 heteroatoms. The monoisotopic (exact) mass is 177 g/mol. The highest BCUT2D eigenvalue weighted by atomic mass is 16.3. The number of nitrogens with two attached hydrogens (primary N) is 1. The van der Waals surface area contributed by atoms with Crippen molar-refractivity contribution in [2.24, 2.45) is 5.73 Å². The highest BCUT2D eigenvalue weighted by Gasteiger charge is 2.27. The van der Waals surface area contributed by atoms with Crippen LogP contribution < -0.4 is 5.73 Å². The first kappa shape index (κ1) is 8.73. The van der Waals surface area contributed by atoms with Gasteiger partial charge < -0.3 is 10.8 Å². The third kappa shape index (κ3) is 1.36. The van der Waals surface area contributed by atoms with Gasteiger partial charge >= 0.3 is 0 Å². The number of hydrogen-bond donors (Lipinski definition) is 2. The number of rotatable bonds is 1. The molecule has 2 unspecified atom stereocenters. The van der Waals surface area contributed by atoms with Crippen molar-refractivity contribution in [3.63, 3.8) is 0 Å². The summed E-state index contributed by atoms with van der Waals surface area (Å²) in [6.45, 7) is 2.11. The molecule has 1 aromatic carbocycles. The minimum atomic E-state index is -0.457. The van der Waals surface area contributed by atoms with Gasteiger partial charge in [-0.05, 0) is 29.5 Å². The average molecular weight is 177 g/mol. The number of aliphatic hydroxyl groups is 1. The predicted molar refractivity (Wildman–Crippen MR) is 52.5 cm³/mol. The van der Waals surface area contributed by atoms with E-state index in [9.17, 15) is 5.11 Å². The fraction of sp³-hybridized carbons (Fsp3) is 0.455. The summed E-state index contributed by atoms with van der Waals surface area (Å²) in [6, 6.07) is 6.17. The third-order valence-electron chi connectivity index (χ3n) is 2.80. The SMILES string of the molecule is CCc1ccc2c(c1)C(O)C(N)C2. The van der Waals surface area contributed by atoms with Gasteiger partial charge in [-0.3, -0.25) is 0 Å². The van der Waals surface area contributed by atoms with Crippen LogP contribution in [-0.2, 0) is 12.8 Å². The summed E-state index contributed by atoms with van der Waals surface area (Å²) < 4.78 is 0. The Morgan fingerprint density at radius 1 is 1.54 bits per heavy atom. The van der Waals surface area contributed by atoms with E-state index in [1.807, 2.05) is 0 Å². The molecule has 1 aliphatic carbocycles. The van der Waals surface area contributed by atoms with E-state index in [1.165, 1.54) is 11.1 Å². The van der Waals surface area contributed by atoms with Gasteiger partial charge in [0.1, 0.15) is 0 Å². The predicted octanol–water partition coefficient (Wildman–Crippen LogP) is 1.17. The number of fused-ring (bicyclic) bond motifs is 1. The van der Waals surface area contributed by atoms with Crippen LogP contribution in [-0.4, -0.2) is 11.1 Å². The van der Waals surface area contributed by atoms with Gasteiger partial charge in [0, 0.05) is 6.04 Å². The summed E-state index contributed by atoms with van der Waals surface area (Å²) in [5, 5.41) is 9.74. The minimum Gasteiger partial charge on any atom is -0.387 e. The summed E-state index contributed by atoms with van der Waals surface area (Å²) >= 11 is 0. The Balaban J connectivity index is 2.42. The quantitative estimate of drug-likeness (QED) is 0.676. The van der Waals surface area contributed by atoms with E-state index in [0.29, 0.717) is 0 Å².